The zero-order valence-corrected chi connectivity index (χ0v) is 17.7. The van der Waals surface area contributed by atoms with Crippen molar-refractivity contribution in [3.63, 3.8) is 0 Å². The first kappa shape index (κ1) is 19.7. The van der Waals surface area contributed by atoms with Crippen LogP contribution in [0.2, 0.25) is 0 Å². The van der Waals surface area contributed by atoms with E-state index in [-0.39, 0.29) is 6.54 Å². The fraction of sp³-hybridized carbons (Fsp3) is 0.261. The van der Waals surface area contributed by atoms with Gasteiger partial charge < -0.3 is 9.80 Å². The van der Waals surface area contributed by atoms with Crippen molar-refractivity contribution in [2.45, 2.75) is 25.8 Å². The molecule has 0 amide bonds. The van der Waals surface area contributed by atoms with Gasteiger partial charge in [-0.1, -0.05) is 18.2 Å². The first-order valence-electron chi connectivity index (χ1n) is 10.9. The molecular formula is C23H20F2N8. The molecule has 0 spiro atoms. The van der Waals surface area contributed by atoms with Crippen LogP contribution in [0.25, 0.3) is 17.1 Å². The van der Waals surface area contributed by atoms with Gasteiger partial charge in [0.1, 0.15) is 5.82 Å². The zero-order valence-electron chi connectivity index (χ0n) is 17.7. The highest BCUT2D eigenvalue weighted by Gasteiger charge is 2.30. The molecule has 0 bridgehead atoms. The molecule has 4 heterocycles. The van der Waals surface area contributed by atoms with Gasteiger partial charge in [0.05, 0.1) is 16.9 Å². The van der Waals surface area contributed by atoms with E-state index in [1.54, 1.807) is 16.9 Å². The van der Waals surface area contributed by atoms with Crippen molar-refractivity contribution in [2.24, 2.45) is 0 Å². The summed E-state index contributed by atoms with van der Waals surface area (Å²) in [5.74, 6) is 0.0285. The molecule has 2 aromatic heterocycles. The van der Waals surface area contributed by atoms with Gasteiger partial charge in [-0.15, -0.1) is 5.10 Å². The Kier molecular flexibility index (Phi) is 4.70. The number of rotatable bonds is 3. The smallest absolute Gasteiger partial charge is 0.227 e. The Hall–Kier alpha value is -3.95. The van der Waals surface area contributed by atoms with Gasteiger partial charge in [-0.25, -0.2) is 13.8 Å². The molecular weight excluding hydrogens is 426 g/mol. The minimum Gasteiger partial charge on any atom is -0.341 e. The third-order valence-electron chi connectivity index (χ3n) is 6.09. The van der Waals surface area contributed by atoms with Gasteiger partial charge in [0.25, 0.3) is 0 Å². The van der Waals surface area contributed by atoms with Gasteiger partial charge in [-0.2, -0.15) is 9.67 Å². The van der Waals surface area contributed by atoms with Crippen LogP contribution in [-0.4, -0.2) is 43.3 Å². The van der Waals surface area contributed by atoms with Crippen molar-refractivity contribution in [1.82, 2.24) is 30.2 Å². The Labute approximate surface area is 188 Å². The largest absolute Gasteiger partial charge is 0.341 e. The van der Waals surface area contributed by atoms with Gasteiger partial charge in [-0.3, -0.25) is 0 Å². The van der Waals surface area contributed by atoms with Gasteiger partial charge in [0.2, 0.25) is 5.95 Å². The molecule has 1 saturated heterocycles. The van der Waals surface area contributed by atoms with E-state index in [0.717, 1.165) is 43.4 Å². The lowest BCUT2D eigenvalue weighted by Gasteiger charge is -2.29. The number of halogens is 2. The van der Waals surface area contributed by atoms with Crippen molar-refractivity contribution in [2.75, 3.05) is 22.9 Å². The van der Waals surface area contributed by atoms with Crippen LogP contribution < -0.4 is 9.80 Å². The van der Waals surface area contributed by atoms with Crippen LogP contribution in [0.1, 0.15) is 24.8 Å². The highest BCUT2D eigenvalue weighted by molar-refractivity contribution is 5.83. The minimum absolute atomic E-state index is 0.274. The number of benzene rings is 2. The van der Waals surface area contributed by atoms with Crippen LogP contribution in [0.15, 0.2) is 48.7 Å². The fourth-order valence-electron chi connectivity index (χ4n) is 4.46. The van der Waals surface area contributed by atoms with Crippen LogP contribution in [-0.2, 0) is 6.54 Å². The first-order valence-corrected chi connectivity index (χ1v) is 10.9. The first-order chi connectivity index (χ1) is 16.2. The summed E-state index contributed by atoms with van der Waals surface area (Å²) in [5, 5.41) is 12.3. The standard InChI is InChI=1S/C23H20F2N8/c24-17-9-8-15(12-18(17)25)14-32-19-6-2-3-7-20(19)33-22(28-29-30-33)16-13-26-23(27-21(16)32)31-10-4-1-5-11-31/h2-3,6-9,12-13H,1,4-5,10-11,14H2. The van der Waals surface area contributed by atoms with E-state index in [4.69, 9.17) is 4.98 Å². The van der Waals surface area contributed by atoms with E-state index >= 15 is 0 Å². The molecule has 0 saturated carbocycles. The van der Waals surface area contributed by atoms with Gasteiger partial charge in [-0.05, 0) is 59.5 Å². The second-order valence-electron chi connectivity index (χ2n) is 8.19. The molecule has 8 nitrogen and oxygen atoms in total. The third kappa shape index (κ3) is 3.38. The summed E-state index contributed by atoms with van der Waals surface area (Å²) in [4.78, 5) is 13.7. The lowest BCUT2D eigenvalue weighted by atomic mass is 10.1. The lowest BCUT2D eigenvalue weighted by Crippen LogP contribution is -2.31. The molecule has 0 atom stereocenters. The average Bonchev–Trinajstić information content (AvgIpc) is 3.31. The van der Waals surface area contributed by atoms with E-state index < -0.39 is 11.6 Å². The Morgan fingerprint density at radius 1 is 0.909 bits per heavy atom. The number of hydrogen-bond donors (Lipinski definition) is 0. The summed E-state index contributed by atoms with van der Waals surface area (Å²) in [6.45, 7) is 2.07. The van der Waals surface area contributed by atoms with Crippen LogP contribution >= 0.6 is 0 Å². The summed E-state index contributed by atoms with van der Waals surface area (Å²) >= 11 is 0. The molecule has 166 valence electrons. The Morgan fingerprint density at radius 2 is 1.73 bits per heavy atom. The second kappa shape index (κ2) is 7.88. The Morgan fingerprint density at radius 3 is 2.55 bits per heavy atom. The minimum atomic E-state index is -0.883. The van der Waals surface area contributed by atoms with Crippen molar-refractivity contribution in [3.05, 3.63) is 65.9 Å². The predicted molar refractivity (Wildman–Crippen MR) is 118 cm³/mol. The molecule has 0 N–H and O–H groups in total. The molecule has 0 radical (unpaired) electrons. The third-order valence-corrected chi connectivity index (χ3v) is 6.09. The van der Waals surface area contributed by atoms with Crippen LogP contribution in [0, 0.1) is 11.6 Å². The number of fused-ring (bicyclic) bond motifs is 5. The number of piperidine rings is 1. The maximum atomic E-state index is 14.0. The molecule has 2 aliphatic heterocycles. The molecule has 2 aromatic carbocycles. The van der Waals surface area contributed by atoms with Crippen molar-refractivity contribution in [1.29, 1.82) is 0 Å². The molecule has 1 fully saturated rings. The summed E-state index contributed by atoms with van der Waals surface area (Å²) < 4.78 is 29.3. The zero-order chi connectivity index (χ0) is 22.4. The summed E-state index contributed by atoms with van der Waals surface area (Å²) in [6.07, 6.45) is 5.14. The average molecular weight is 446 g/mol. The van der Waals surface area contributed by atoms with Crippen LogP contribution in [0.4, 0.5) is 26.2 Å². The van der Waals surface area contributed by atoms with Gasteiger partial charge in [0, 0.05) is 25.8 Å². The number of nitrogens with zero attached hydrogens (tertiary/aromatic N) is 8. The van der Waals surface area contributed by atoms with Crippen molar-refractivity contribution < 1.29 is 8.78 Å². The van der Waals surface area contributed by atoms with E-state index in [2.05, 4.69) is 25.4 Å². The van der Waals surface area contributed by atoms with Crippen LogP contribution in [0.3, 0.4) is 0 Å². The molecule has 0 aliphatic carbocycles. The molecule has 4 aromatic rings. The highest BCUT2D eigenvalue weighted by Crippen LogP contribution is 2.41. The quantitative estimate of drug-likeness (QED) is 0.470. The van der Waals surface area contributed by atoms with Gasteiger partial charge >= 0.3 is 0 Å². The van der Waals surface area contributed by atoms with E-state index in [1.165, 1.54) is 12.5 Å². The number of tetrazole rings is 1. The second-order valence-corrected chi connectivity index (χ2v) is 8.19. The predicted octanol–water partition coefficient (Wildman–Crippen LogP) is 4.04. The maximum Gasteiger partial charge on any atom is 0.227 e. The highest BCUT2D eigenvalue weighted by atomic mass is 19.2. The summed E-state index contributed by atoms with van der Waals surface area (Å²) in [7, 11) is 0. The SMILES string of the molecule is Fc1ccc(CN2c3ccccc3-n3nnnc3-c3cnc(N4CCCCC4)nc32)cc1F. The lowest BCUT2D eigenvalue weighted by molar-refractivity contribution is 0.507. The van der Waals surface area contributed by atoms with E-state index in [9.17, 15) is 8.78 Å². The van der Waals surface area contributed by atoms with Crippen molar-refractivity contribution in [3.8, 4) is 17.1 Å². The molecule has 10 heteroatoms. The fourth-order valence-corrected chi connectivity index (χ4v) is 4.46. The molecule has 6 rings (SSSR count). The Balaban J connectivity index is 1.54. The number of anilines is 3. The normalized spacial score (nSPS) is 15.0. The van der Waals surface area contributed by atoms with Crippen LogP contribution in [0.5, 0.6) is 0 Å². The van der Waals surface area contributed by atoms with Gasteiger partial charge in [0.15, 0.2) is 17.5 Å². The van der Waals surface area contributed by atoms with E-state index in [0.29, 0.717) is 28.7 Å². The Bertz CT molecular complexity index is 1330. The van der Waals surface area contributed by atoms with Crippen molar-refractivity contribution >= 4 is 17.5 Å². The van der Waals surface area contributed by atoms with E-state index in [1.807, 2.05) is 29.2 Å². The number of hydrogen-bond acceptors (Lipinski definition) is 7. The summed E-state index contributed by atoms with van der Waals surface area (Å²) in [5.41, 5.74) is 2.84. The number of para-hydroxylation sites is 2. The maximum absolute atomic E-state index is 14.0. The molecule has 2 aliphatic rings. The molecule has 33 heavy (non-hydrogen) atoms. The monoisotopic (exact) mass is 446 g/mol. The molecule has 0 unspecified atom stereocenters. The summed E-state index contributed by atoms with van der Waals surface area (Å²) in [6, 6.07) is 11.6. The number of aromatic nitrogens is 6. The topological polar surface area (TPSA) is 75.9 Å².